The summed E-state index contributed by atoms with van der Waals surface area (Å²) < 4.78 is 6.07. The van der Waals surface area contributed by atoms with Crippen LogP contribution in [0.4, 0.5) is 0 Å². The van der Waals surface area contributed by atoms with Crippen LogP contribution in [-0.2, 0) is 6.42 Å². The molecule has 4 atom stereocenters. The predicted octanol–water partition coefficient (Wildman–Crippen LogP) is 3.53. The number of para-hydroxylation sites is 1. The van der Waals surface area contributed by atoms with Crippen LogP contribution in [0.5, 0.6) is 5.75 Å². The van der Waals surface area contributed by atoms with E-state index < -0.39 is 0 Å². The zero-order valence-electron chi connectivity index (χ0n) is 11.8. The molecule has 4 unspecified atom stereocenters. The van der Waals surface area contributed by atoms with Gasteiger partial charge in [0.15, 0.2) is 0 Å². The Balaban J connectivity index is 1.60. The third-order valence-corrected chi connectivity index (χ3v) is 5.01. The molecule has 1 aliphatic heterocycles. The number of hydrogen-bond acceptors (Lipinski definition) is 2. The van der Waals surface area contributed by atoms with E-state index >= 15 is 0 Å². The summed E-state index contributed by atoms with van der Waals surface area (Å²) in [5, 5.41) is 0. The smallest absolute Gasteiger partial charge is 0.123 e. The van der Waals surface area contributed by atoms with Crippen molar-refractivity contribution < 1.29 is 4.74 Å². The topological polar surface area (TPSA) is 35.2 Å². The minimum atomic E-state index is 0.351. The first-order valence-corrected chi connectivity index (χ1v) is 7.76. The van der Waals surface area contributed by atoms with Gasteiger partial charge < -0.3 is 10.5 Å². The van der Waals surface area contributed by atoms with Gasteiger partial charge >= 0.3 is 0 Å². The summed E-state index contributed by atoms with van der Waals surface area (Å²) in [6, 6.07) is 8.82. The van der Waals surface area contributed by atoms with Gasteiger partial charge in [-0.3, -0.25) is 0 Å². The summed E-state index contributed by atoms with van der Waals surface area (Å²) in [7, 11) is 0. The SMILES string of the molecule is CCC1CCC(N)C(CC2Cc3ccccc3O2)C1. The number of fused-ring (bicyclic) bond motifs is 1. The van der Waals surface area contributed by atoms with E-state index in [4.69, 9.17) is 10.5 Å². The van der Waals surface area contributed by atoms with E-state index in [9.17, 15) is 0 Å². The van der Waals surface area contributed by atoms with Crippen molar-refractivity contribution in [2.75, 3.05) is 0 Å². The number of benzene rings is 1. The van der Waals surface area contributed by atoms with Crippen LogP contribution in [-0.4, -0.2) is 12.1 Å². The molecule has 1 aliphatic carbocycles. The second-order valence-electron chi connectivity index (χ2n) is 6.30. The van der Waals surface area contributed by atoms with Gasteiger partial charge in [0.2, 0.25) is 0 Å². The van der Waals surface area contributed by atoms with Crippen LogP contribution in [0.3, 0.4) is 0 Å². The van der Waals surface area contributed by atoms with Crippen LogP contribution in [0.25, 0.3) is 0 Å². The van der Waals surface area contributed by atoms with Gasteiger partial charge in [0.1, 0.15) is 11.9 Å². The lowest BCUT2D eigenvalue weighted by atomic mass is 9.75. The van der Waals surface area contributed by atoms with Gasteiger partial charge in [-0.15, -0.1) is 0 Å². The summed E-state index contributed by atoms with van der Waals surface area (Å²) in [4.78, 5) is 0. The van der Waals surface area contributed by atoms with E-state index in [1.165, 1.54) is 31.2 Å². The van der Waals surface area contributed by atoms with Crippen LogP contribution in [0.15, 0.2) is 24.3 Å². The van der Waals surface area contributed by atoms with Gasteiger partial charge in [0.05, 0.1) is 0 Å². The molecule has 0 aromatic heterocycles. The lowest BCUT2D eigenvalue weighted by Crippen LogP contribution is -2.38. The molecule has 3 rings (SSSR count). The molecule has 0 saturated heterocycles. The number of rotatable bonds is 3. The molecule has 1 aromatic rings. The quantitative estimate of drug-likeness (QED) is 0.901. The second-order valence-corrected chi connectivity index (χ2v) is 6.30. The van der Waals surface area contributed by atoms with Crippen LogP contribution in [0.1, 0.15) is 44.6 Å². The number of nitrogens with two attached hydrogens (primary N) is 1. The number of hydrogen-bond donors (Lipinski definition) is 1. The monoisotopic (exact) mass is 259 g/mol. The van der Waals surface area contributed by atoms with Crippen molar-refractivity contribution in [1.29, 1.82) is 0 Å². The maximum atomic E-state index is 6.32. The molecule has 1 saturated carbocycles. The lowest BCUT2D eigenvalue weighted by molar-refractivity contribution is 0.142. The summed E-state index contributed by atoms with van der Waals surface area (Å²) in [6.45, 7) is 2.31. The molecular formula is C17H25NO. The van der Waals surface area contributed by atoms with Crippen molar-refractivity contribution in [2.24, 2.45) is 17.6 Å². The highest BCUT2D eigenvalue weighted by Gasteiger charge is 2.32. The molecule has 0 amide bonds. The largest absolute Gasteiger partial charge is 0.490 e. The Morgan fingerprint density at radius 3 is 2.89 bits per heavy atom. The van der Waals surface area contributed by atoms with E-state index in [0.29, 0.717) is 18.1 Å². The molecule has 1 heterocycles. The Labute approximate surface area is 116 Å². The van der Waals surface area contributed by atoms with E-state index in [1.54, 1.807) is 0 Å². The molecule has 2 aliphatic rings. The summed E-state index contributed by atoms with van der Waals surface area (Å²) in [5.74, 6) is 2.62. The maximum absolute atomic E-state index is 6.32. The van der Waals surface area contributed by atoms with Crippen LogP contribution >= 0.6 is 0 Å². The van der Waals surface area contributed by atoms with Crippen molar-refractivity contribution in [3.8, 4) is 5.75 Å². The van der Waals surface area contributed by atoms with E-state index in [-0.39, 0.29) is 0 Å². The van der Waals surface area contributed by atoms with Gasteiger partial charge in [-0.1, -0.05) is 31.5 Å². The minimum absolute atomic E-state index is 0.351. The molecule has 2 N–H and O–H groups in total. The molecular weight excluding hydrogens is 234 g/mol. The number of ether oxygens (including phenoxy) is 1. The van der Waals surface area contributed by atoms with Crippen molar-refractivity contribution in [2.45, 2.75) is 57.6 Å². The highest BCUT2D eigenvalue weighted by molar-refractivity contribution is 5.37. The third-order valence-electron chi connectivity index (χ3n) is 5.01. The van der Waals surface area contributed by atoms with Crippen molar-refractivity contribution in [3.63, 3.8) is 0 Å². The lowest BCUT2D eigenvalue weighted by Gasteiger charge is -2.35. The van der Waals surface area contributed by atoms with Gasteiger partial charge in [-0.2, -0.15) is 0 Å². The zero-order chi connectivity index (χ0) is 13.2. The Hall–Kier alpha value is -1.02. The summed E-state index contributed by atoms with van der Waals surface area (Å²) >= 11 is 0. The molecule has 2 nitrogen and oxygen atoms in total. The third kappa shape index (κ3) is 2.79. The molecule has 1 fully saturated rings. The molecule has 0 bridgehead atoms. The first kappa shape index (κ1) is 13.0. The minimum Gasteiger partial charge on any atom is -0.490 e. The van der Waals surface area contributed by atoms with E-state index in [2.05, 4.69) is 31.2 Å². The van der Waals surface area contributed by atoms with Crippen LogP contribution in [0.2, 0.25) is 0 Å². The fraction of sp³-hybridized carbons (Fsp3) is 0.647. The molecule has 0 spiro atoms. The fourth-order valence-corrected chi connectivity index (χ4v) is 3.75. The first-order chi connectivity index (χ1) is 9.26. The fourth-order valence-electron chi connectivity index (χ4n) is 3.75. The zero-order valence-corrected chi connectivity index (χ0v) is 11.8. The van der Waals surface area contributed by atoms with Gasteiger partial charge in [0, 0.05) is 12.5 Å². The van der Waals surface area contributed by atoms with Gasteiger partial charge in [-0.05, 0) is 49.1 Å². The normalized spacial score (nSPS) is 33.8. The summed E-state index contributed by atoms with van der Waals surface area (Å²) in [6.07, 6.45) is 7.66. The standard InChI is InChI=1S/C17H25NO/c1-2-12-7-8-16(18)14(9-12)11-15-10-13-5-3-4-6-17(13)19-15/h3-6,12,14-16H,2,7-11,18H2,1H3. The predicted molar refractivity (Wildman–Crippen MR) is 78.3 cm³/mol. The Morgan fingerprint density at radius 2 is 2.11 bits per heavy atom. The Kier molecular flexibility index (Phi) is 3.79. The van der Waals surface area contributed by atoms with Crippen LogP contribution < -0.4 is 10.5 Å². The van der Waals surface area contributed by atoms with Crippen molar-refractivity contribution >= 4 is 0 Å². The Morgan fingerprint density at radius 1 is 1.26 bits per heavy atom. The molecule has 1 aromatic carbocycles. The maximum Gasteiger partial charge on any atom is 0.123 e. The first-order valence-electron chi connectivity index (χ1n) is 7.76. The highest BCUT2D eigenvalue weighted by atomic mass is 16.5. The highest BCUT2D eigenvalue weighted by Crippen LogP contribution is 2.37. The average Bonchev–Trinajstić information content (AvgIpc) is 2.83. The molecule has 2 heteroatoms. The average molecular weight is 259 g/mol. The van der Waals surface area contributed by atoms with Gasteiger partial charge in [0.25, 0.3) is 0 Å². The van der Waals surface area contributed by atoms with Crippen molar-refractivity contribution in [3.05, 3.63) is 29.8 Å². The van der Waals surface area contributed by atoms with E-state index in [1.807, 2.05) is 0 Å². The van der Waals surface area contributed by atoms with Crippen LogP contribution in [0, 0.1) is 11.8 Å². The van der Waals surface area contributed by atoms with Crippen molar-refractivity contribution in [1.82, 2.24) is 0 Å². The molecule has 19 heavy (non-hydrogen) atoms. The molecule has 0 radical (unpaired) electrons. The second kappa shape index (κ2) is 5.54. The van der Waals surface area contributed by atoms with Gasteiger partial charge in [-0.25, -0.2) is 0 Å². The Bertz CT molecular complexity index is 406. The molecule has 104 valence electrons. The van der Waals surface area contributed by atoms with E-state index in [0.717, 1.165) is 24.5 Å². The summed E-state index contributed by atoms with van der Waals surface area (Å²) in [5.41, 5.74) is 7.69.